The van der Waals surface area contributed by atoms with Gasteiger partial charge >= 0.3 is 0 Å². The van der Waals surface area contributed by atoms with Crippen molar-refractivity contribution in [2.45, 2.75) is 20.8 Å². The van der Waals surface area contributed by atoms with Crippen LogP contribution >= 0.6 is 0 Å². The number of nitrogens with zero attached hydrogens (tertiary/aromatic N) is 2. The molecule has 0 aromatic heterocycles. The van der Waals surface area contributed by atoms with Crippen LogP contribution in [-0.4, -0.2) is 12.6 Å². The van der Waals surface area contributed by atoms with Crippen LogP contribution in [0.3, 0.4) is 0 Å². The summed E-state index contributed by atoms with van der Waals surface area (Å²) in [6.45, 7) is 18.4. The lowest BCUT2D eigenvalue weighted by Crippen LogP contribution is -1.78. The molecule has 0 radical (unpaired) electrons. The van der Waals surface area contributed by atoms with E-state index in [2.05, 4.69) is 36.4 Å². The smallest absolute Gasteiger partial charge is 0.124 e. The molecule has 0 N–H and O–H groups in total. The van der Waals surface area contributed by atoms with Gasteiger partial charge in [0.05, 0.1) is 0 Å². The summed E-state index contributed by atoms with van der Waals surface area (Å²) in [5, 5.41) is 0. The van der Waals surface area contributed by atoms with E-state index in [0.29, 0.717) is 5.84 Å². The molecule has 0 atom stereocenters. The summed E-state index contributed by atoms with van der Waals surface area (Å²) in [6.07, 6.45) is 1.43. The van der Waals surface area contributed by atoms with Crippen molar-refractivity contribution in [3.05, 3.63) is 25.9 Å². The van der Waals surface area contributed by atoms with Crippen LogP contribution in [0.2, 0.25) is 0 Å². The zero-order valence-electron chi connectivity index (χ0n) is 7.80. The molecule has 0 aliphatic rings. The van der Waals surface area contributed by atoms with E-state index in [0.717, 1.165) is 0 Å². The van der Waals surface area contributed by atoms with Gasteiger partial charge in [0.1, 0.15) is 5.84 Å². The molecule has 0 aromatic carbocycles. The van der Waals surface area contributed by atoms with Gasteiger partial charge < -0.3 is 0 Å². The second-order valence-electron chi connectivity index (χ2n) is 1.02. The number of aliphatic imine (C=N–C) groups is 2. The fourth-order valence-electron chi connectivity index (χ4n) is 0.173. The minimum absolute atomic E-state index is 0.648. The summed E-state index contributed by atoms with van der Waals surface area (Å²) < 4.78 is 0. The maximum atomic E-state index is 3.69. The van der Waals surface area contributed by atoms with E-state index in [1.54, 1.807) is 6.92 Å². The van der Waals surface area contributed by atoms with Crippen LogP contribution in [0.5, 0.6) is 0 Å². The molecule has 0 aliphatic heterocycles. The molecule has 2 nitrogen and oxygen atoms in total. The van der Waals surface area contributed by atoms with Crippen LogP contribution in [0.1, 0.15) is 20.8 Å². The second kappa shape index (κ2) is 23.2. The maximum Gasteiger partial charge on any atom is 0.124 e. The predicted molar refractivity (Wildman–Crippen MR) is 55.5 cm³/mol. The Morgan fingerprint density at radius 2 is 1.64 bits per heavy atom. The molecule has 0 heterocycles. The van der Waals surface area contributed by atoms with Gasteiger partial charge in [0.2, 0.25) is 0 Å². The Hall–Kier alpha value is -1.18. The van der Waals surface area contributed by atoms with Crippen molar-refractivity contribution in [3.8, 4) is 0 Å². The molecule has 11 heavy (non-hydrogen) atoms. The Morgan fingerprint density at radius 3 is 1.73 bits per heavy atom. The Bertz CT molecular complexity index is 115. The van der Waals surface area contributed by atoms with Crippen LogP contribution in [0.15, 0.2) is 35.9 Å². The molecule has 0 saturated heterocycles. The molecule has 0 rings (SSSR count). The first-order valence-corrected chi connectivity index (χ1v) is 3.43. The third-order valence-electron chi connectivity index (χ3n) is 0.507. The molecular formula is C9H18N2. The molecule has 2 heteroatoms. The highest BCUT2D eigenvalue weighted by atomic mass is 14.9. The number of rotatable bonds is 1. The maximum absolute atomic E-state index is 3.69. The number of hydrogen-bond acceptors (Lipinski definition) is 1. The predicted octanol–water partition coefficient (Wildman–Crippen LogP) is 3.08. The monoisotopic (exact) mass is 154 g/mol. The summed E-state index contributed by atoms with van der Waals surface area (Å²) in [5.41, 5.74) is 0. The lowest BCUT2D eigenvalue weighted by Gasteiger charge is -1.79. The lowest BCUT2D eigenvalue weighted by atomic mass is 10.7. The zero-order chi connectivity index (χ0) is 9.70. The normalized spacial score (nSPS) is 7.73. The topological polar surface area (TPSA) is 24.7 Å². The highest BCUT2D eigenvalue weighted by molar-refractivity contribution is 5.84. The van der Waals surface area contributed by atoms with Crippen molar-refractivity contribution in [3.63, 3.8) is 0 Å². The van der Waals surface area contributed by atoms with Crippen molar-refractivity contribution in [2.75, 3.05) is 0 Å². The molecule has 0 aromatic rings. The molecule has 0 spiro atoms. The fourth-order valence-corrected chi connectivity index (χ4v) is 0.173. The van der Waals surface area contributed by atoms with Crippen LogP contribution in [-0.2, 0) is 0 Å². The molecule has 64 valence electrons. The minimum atomic E-state index is 0.648. The molecular weight excluding hydrogens is 136 g/mol. The Morgan fingerprint density at radius 1 is 1.27 bits per heavy atom. The van der Waals surface area contributed by atoms with Crippen molar-refractivity contribution in [1.82, 2.24) is 0 Å². The Kier molecular flexibility index (Phi) is 34.7. The van der Waals surface area contributed by atoms with E-state index >= 15 is 0 Å². The van der Waals surface area contributed by atoms with Gasteiger partial charge in [-0.15, -0.1) is 13.2 Å². The number of amidine groups is 1. The number of hydrogen-bond donors (Lipinski definition) is 0. The van der Waals surface area contributed by atoms with Crippen molar-refractivity contribution in [2.24, 2.45) is 9.98 Å². The largest absolute Gasteiger partial charge is 0.250 e. The van der Waals surface area contributed by atoms with Gasteiger partial charge in [-0.25, -0.2) is 9.98 Å². The first kappa shape index (κ1) is 16.4. The summed E-state index contributed by atoms with van der Waals surface area (Å²) in [6, 6.07) is 0. The standard InChI is InChI=1S/C5H8N2.C2H6.C2H4/c1-4-7-5(2)6-3;2*1-2/h4H,1,3H2,2H3;1-2H3;1-2H2. The van der Waals surface area contributed by atoms with Crippen molar-refractivity contribution < 1.29 is 0 Å². The minimum Gasteiger partial charge on any atom is -0.250 e. The summed E-state index contributed by atoms with van der Waals surface area (Å²) in [5.74, 6) is 0.648. The van der Waals surface area contributed by atoms with Crippen molar-refractivity contribution >= 4 is 12.6 Å². The molecule has 0 amide bonds. The zero-order valence-corrected chi connectivity index (χ0v) is 7.80. The van der Waals surface area contributed by atoms with Crippen molar-refractivity contribution in [1.29, 1.82) is 0 Å². The second-order valence-corrected chi connectivity index (χ2v) is 1.02. The van der Waals surface area contributed by atoms with Crippen LogP contribution < -0.4 is 0 Å². The van der Waals surface area contributed by atoms with Gasteiger partial charge in [0.25, 0.3) is 0 Å². The van der Waals surface area contributed by atoms with Crippen LogP contribution in [0.25, 0.3) is 0 Å². The molecule has 0 unspecified atom stereocenters. The summed E-state index contributed by atoms with van der Waals surface area (Å²) >= 11 is 0. The quantitative estimate of drug-likeness (QED) is 0.315. The van der Waals surface area contributed by atoms with E-state index in [1.807, 2.05) is 13.8 Å². The van der Waals surface area contributed by atoms with Gasteiger partial charge in [-0.1, -0.05) is 20.4 Å². The van der Waals surface area contributed by atoms with Crippen LogP contribution in [0.4, 0.5) is 0 Å². The molecule has 0 bridgehead atoms. The Labute approximate surface area is 70.1 Å². The highest BCUT2D eigenvalue weighted by Gasteiger charge is 1.71. The van der Waals surface area contributed by atoms with Crippen LogP contribution in [0, 0.1) is 0 Å². The van der Waals surface area contributed by atoms with E-state index in [4.69, 9.17) is 0 Å². The Balaban J connectivity index is -0.000000138. The third kappa shape index (κ3) is 28.1. The van der Waals surface area contributed by atoms with E-state index in [1.165, 1.54) is 6.20 Å². The highest BCUT2D eigenvalue weighted by Crippen LogP contribution is 1.75. The summed E-state index contributed by atoms with van der Waals surface area (Å²) in [4.78, 5) is 7.20. The average Bonchev–Trinajstić information content (AvgIpc) is 2.12. The third-order valence-corrected chi connectivity index (χ3v) is 0.507. The van der Waals surface area contributed by atoms with Gasteiger partial charge in [0.15, 0.2) is 0 Å². The molecule has 0 saturated carbocycles. The van der Waals surface area contributed by atoms with E-state index in [-0.39, 0.29) is 0 Å². The first-order chi connectivity index (χ1) is 5.31. The SMILES string of the molecule is C=C.C=CN=C(C)N=C.CC. The lowest BCUT2D eigenvalue weighted by molar-refractivity contribution is 1.48. The molecule has 0 aliphatic carbocycles. The fraction of sp³-hybridized carbons (Fsp3) is 0.333. The van der Waals surface area contributed by atoms with Gasteiger partial charge in [0, 0.05) is 6.20 Å². The first-order valence-electron chi connectivity index (χ1n) is 3.43. The van der Waals surface area contributed by atoms with Gasteiger partial charge in [-0.05, 0) is 13.6 Å². The van der Waals surface area contributed by atoms with E-state index in [9.17, 15) is 0 Å². The van der Waals surface area contributed by atoms with Gasteiger partial charge in [-0.3, -0.25) is 0 Å². The average molecular weight is 154 g/mol. The summed E-state index contributed by atoms with van der Waals surface area (Å²) in [7, 11) is 0. The van der Waals surface area contributed by atoms with Gasteiger partial charge in [-0.2, -0.15) is 0 Å². The van der Waals surface area contributed by atoms with E-state index < -0.39 is 0 Å². The molecule has 0 fully saturated rings.